The van der Waals surface area contributed by atoms with Crippen molar-refractivity contribution in [3.05, 3.63) is 60.7 Å². The number of piperidine rings is 1. The highest BCUT2D eigenvalue weighted by atomic mass is 16.2. The molecule has 0 atom stereocenters. The lowest BCUT2D eigenvalue weighted by molar-refractivity contribution is -0.132. The number of aromatic nitrogens is 3. The van der Waals surface area contributed by atoms with Crippen molar-refractivity contribution in [2.75, 3.05) is 13.1 Å². The lowest BCUT2D eigenvalue weighted by atomic mass is 9.87. The third-order valence-electron chi connectivity index (χ3n) is 4.97. The smallest absolute Gasteiger partial charge is 0.248 e. The van der Waals surface area contributed by atoms with Crippen LogP contribution in [0.2, 0.25) is 0 Å². The fourth-order valence-corrected chi connectivity index (χ4v) is 3.57. The maximum atomic E-state index is 13.1. The summed E-state index contributed by atoms with van der Waals surface area (Å²) >= 11 is 0. The molecular formula is C19H21N5O. The Kier molecular flexibility index (Phi) is 4.19. The Balaban J connectivity index is 1.58. The predicted molar refractivity (Wildman–Crippen MR) is 95.9 cm³/mol. The van der Waals surface area contributed by atoms with Crippen LogP contribution in [0, 0.1) is 0 Å². The van der Waals surface area contributed by atoms with E-state index < -0.39 is 5.54 Å². The fourth-order valence-electron chi connectivity index (χ4n) is 3.57. The summed E-state index contributed by atoms with van der Waals surface area (Å²) < 4.78 is 1.81. The second-order valence-corrected chi connectivity index (χ2v) is 6.39. The van der Waals surface area contributed by atoms with Gasteiger partial charge < -0.3 is 10.6 Å². The van der Waals surface area contributed by atoms with Gasteiger partial charge in [0.15, 0.2) is 0 Å². The molecule has 0 unspecified atom stereocenters. The highest BCUT2D eigenvalue weighted by molar-refractivity contribution is 5.86. The lowest BCUT2D eigenvalue weighted by Gasteiger charge is -2.36. The maximum Gasteiger partial charge on any atom is 0.248 e. The molecule has 6 heteroatoms. The summed E-state index contributed by atoms with van der Waals surface area (Å²) in [6, 6.07) is 11.9. The summed E-state index contributed by atoms with van der Waals surface area (Å²) in [5, 5.41) is 13.0. The van der Waals surface area contributed by atoms with Crippen molar-refractivity contribution in [2.45, 2.75) is 24.9 Å². The minimum atomic E-state index is -0.626. The van der Waals surface area contributed by atoms with E-state index in [9.17, 15) is 4.79 Å². The summed E-state index contributed by atoms with van der Waals surface area (Å²) in [4.78, 5) is 17.6. The minimum absolute atomic E-state index is 0.00688. The van der Waals surface area contributed by atoms with E-state index in [2.05, 4.69) is 26.8 Å². The second kappa shape index (κ2) is 6.64. The molecule has 2 aromatic heterocycles. The van der Waals surface area contributed by atoms with E-state index in [1.165, 1.54) is 0 Å². The number of nitrogens with one attached hydrogen (secondary N) is 2. The third kappa shape index (κ3) is 2.89. The van der Waals surface area contributed by atoms with Gasteiger partial charge in [0, 0.05) is 24.0 Å². The molecule has 0 spiro atoms. The minimum Gasteiger partial charge on any atom is -0.348 e. The standard InChI is InChI=1S/C19H21N5O/c25-18(19(7-11-20-12-8-19)24-13-3-9-23-24)22-14-17-16-5-2-1-4-15(16)6-10-21-17/h1-6,9-10,13,20H,7-8,11-12,14H2,(H,22,25). The highest BCUT2D eigenvalue weighted by Gasteiger charge is 2.41. The molecule has 25 heavy (non-hydrogen) atoms. The quantitative estimate of drug-likeness (QED) is 0.763. The number of carbonyl (C=O) groups excluding carboxylic acids is 1. The zero-order valence-electron chi connectivity index (χ0n) is 14.0. The Morgan fingerprint density at radius 1 is 1.16 bits per heavy atom. The molecule has 128 valence electrons. The molecule has 0 aliphatic carbocycles. The van der Waals surface area contributed by atoms with E-state index in [0.29, 0.717) is 6.54 Å². The Morgan fingerprint density at radius 2 is 2.00 bits per heavy atom. The average Bonchev–Trinajstić information content (AvgIpc) is 3.22. The van der Waals surface area contributed by atoms with Gasteiger partial charge >= 0.3 is 0 Å². The first-order valence-corrected chi connectivity index (χ1v) is 8.61. The largest absolute Gasteiger partial charge is 0.348 e. The molecule has 1 aliphatic heterocycles. The number of amides is 1. The van der Waals surface area contributed by atoms with Crippen LogP contribution < -0.4 is 10.6 Å². The van der Waals surface area contributed by atoms with Crippen molar-refractivity contribution in [2.24, 2.45) is 0 Å². The second-order valence-electron chi connectivity index (χ2n) is 6.39. The maximum absolute atomic E-state index is 13.1. The zero-order chi connectivity index (χ0) is 17.1. The molecule has 1 aliphatic rings. The topological polar surface area (TPSA) is 71.8 Å². The van der Waals surface area contributed by atoms with Crippen molar-refractivity contribution in [1.82, 2.24) is 25.4 Å². The number of fused-ring (bicyclic) bond motifs is 1. The fraction of sp³-hybridized carbons (Fsp3) is 0.316. The number of benzene rings is 1. The summed E-state index contributed by atoms with van der Waals surface area (Å²) in [6.45, 7) is 2.02. The zero-order valence-corrected chi connectivity index (χ0v) is 14.0. The summed E-state index contributed by atoms with van der Waals surface area (Å²) in [6.07, 6.45) is 6.84. The molecule has 3 aromatic rings. The number of pyridine rings is 1. The molecule has 1 aromatic carbocycles. The number of nitrogens with zero attached hydrogens (tertiary/aromatic N) is 3. The molecule has 0 radical (unpaired) electrons. The molecule has 1 fully saturated rings. The molecule has 4 rings (SSSR count). The van der Waals surface area contributed by atoms with Gasteiger partial charge in [0.1, 0.15) is 5.54 Å². The average molecular weight is 335 g/mol. The first-order chi connectivity index (χ1) is 12.3. The van der Waals surface area contributed by atoms with Gasteiger partial charge in [-0.05, 0) is 43.5 Å². The van der Waals surface area contributed by atoms with Crippen LogP contribution in [0.1, 0.15) is 18.5 Å². The molecule has 6 nitrogen and oxygen atoms in total. The Hall–Kier alpha value is -2.73. The normalized spacial score (nSPS) is 16.6. The van der Waals surface area contributed by atoms with Gasteiger partial charge in [0.25, 0.3) is 0 Å². The Morgan fingerprint density at radius 3 is 2.80 bits per heavy atom. The molecule has 0 bridgehead atoms. The number of rotatable bonds is 4. The van der Waals surface area contributed by atoms with E-state index in [1.807, 2.05) is 36.5 Å². The number of hydrogen-bond donors (Lipinski definition) is 2. The predicted octanol–water partition coefficient (Wildman–Crippen LogP) is 1.83. The summed E-state index contributed by atoms with van der Waals surface area (Å²) in [5.74, 6) is 0.00688. The van der Waals surface area contributed by atoms with Crippen molar-refractivity contribution < 1.29 is 4.79 Å². The molecule has 1 amide bonds. The monoisotopic (exact) mass is 335 g/mol. The van der Waals surface area contributed by atoms with Gasteiger partial charge in [0.2, 0.25) is 5.91 Å². The van der Waals surface area contributed by atoms with Gasteiger partial charge in [0.05, 0.1) is 12.2 Å². The van der Waals surface area contributed by atoms with Crippen LogP contribution in [0.25, 0.3) is 10.8 Å². The van der Waals surface area contributed by atoms with E-state index in [-0.39, 0.29) is 5.91 Å². The summed E-state index contributed by atoms with van der Waals surface area (Å²) in [5.41, 5.74) is 0.260. The van der Waals surface area contributed by atoms with E-state index in [0.717, 1.165) is 42.4 Å². The molecule has 1 saturated heterocycles. The van der Waals surface area contributed by atoms with Gasteiger partial charge in [-0.2, -0.15) is 5.10 Å². The molecule has 2 N–H and O–H groups in total. The van der Waals surface area contributed by atoms with Gasteiger partial charge in [-0.1, -0.05) is 24.3 Å². The SMILES string of the molecule is O=C(NCc1nccc2ccccc12)C1(n2cccn2)CCNCC1. The molecule has 0 saturated carbocycles. The van der Waals surface area contributed by atoms with E-state index in [1.54, 1.807) is 17.1 Å². The van der Waals surface area contributed by atoms with Crippen LogP contribution in [0.3, 0.4) is 0 Å². The van der Waals surface area contributed by atoms with Gasteiger partial charge in [-0.25, -0.2) is 0 Å². The lowest BCUT2D eigenvalue weighted by Crippen LogP contribution is -2.54. The van der Waals surface area contributed by atoms with Crippen LogP contribution in [-0.4, -0.2) is 33.8 Å². The molecule has 3 heterocycles. The third-order valence-corrected chi connectivity index (χ3v) is 4.97. The highest BCUT2D eigenvalue weighted by Crippen LogP contribution is 2.27. The van der Waals surface area contributed by atoms with Crippen LogP contribution >= 0.6 is 0 Å². The number of hydrogen-bond acceptors (Lipinski definition) is 4. The van der Waals surface area contributed by atoms with Crippen LogP contribution in [0.5, 0.6) is 0 Å². The molecular weight excluding hydrogens is 314 g/mol. The van der Waals surface area contributed by atoms with Crippen LogP contribution in [-0.2, 0) is 16.9 Å². The van der Waals surface area contributed by atoms with Crippen molar-refractivity contribution in [1.29, 1.82) is 0 Å². The van der Waals surface area contributed by atoms with Gasteiger partial charge in [-0.15, -0.1) is 0 Å². The number of carbonyl (C=O) groups is 1. The Bertz CT molecular complexity index is 863. The van der Waals surface area contributed by atoms with Crippen molar-refractivity contribution >= 4 is 16.7 Å². The van der Waals surface area contributed by atoms with Gasteiger partial charge in [-0.3, -0.25) is 14.5 Å². The van der Waals surface area contributed by atoms with Crippen LogP contribution in [0.15, 0.2) is 55.0 Å². The first-order valence-electron chi connectivity index (χ1n) is 8.61. The first kappa shape index (κ1) is 15.8. The summed E-state index contributed by atoms with van der Waals surface area (Å²) in [7, 11) is 0. The van der Waals surface area contributed by atoms with E-state index in [4.69, 9.17) is 0 Å². The van der Waals surface area contributed by atoms with Crippen LogP contribution in [0.4, 0.5) is 0 Å². The van der Waals surface area contributed by atoms with Crippen molar-refractivity contribution in [3.63, 3.8) is 0 Å². The Labute approximate surface area is 146 Å². The van der Waals surface area contributed by atoms with E-state index >= 15 is 0 Å². The van der Waals surface area contributed by atoms with Crippen molar-refractivity contribution in [3.8, 4) is 0 Å².